The van der Waals surface area contributed by atoms with Gasteiger partial charge in [0.05, 0.1) is 59.5 Å². The van der Waals surface area contributed by atoms with Gasteiger partial charge in [0.15, 0.2) is 56.6 Å². The maximum Gasteiger partial charge on any atom is 0.187 e. The molecule has 0 aromatic heterocycles. The standard InChI is InChI=1S/C57H98O46/c1-2-3-86-49-41(84)43(98-56-48(37(80)28(71)18(9-63)94-56)103-57-47(36(79)27(70)19(10-64)95-57)102-53-40(83)33(76)24(67)15(6-60)91-53)29(72)20(96-49)11-87-50-42(85)44(99-55-46(35(78)26(69)17(8-62)93-55)101-52-39(82)32(75)23(66)14(5-59)90-52)30(73)21(97-50)12-88-54-45(34(77)25(68)16(7-61)92-54)100-51-38(81)31(74)22(65)13(4-58)89-51/h13-85H,2-12H2,1H3/t13?,14-,15-,16?,17-,18-,19-,20?,21?,22+,23+,24+,25+,26+,27+,28+,29?,30+,31-,32?,33?,34-,35?,36?,37?,38?,39?,40?,41?,42?,43-,44-,45?,46?,47?,48?,49+,50-,51+,52+,53+,54-,55+,56+,57+/m0/s1. The number of hydrogen-bond donors (Lipinski definition) is 28. The molecule has 103 heavy (non-hydrogen) atoms. The summed E-state index contributed by atoms with van der Waals surface area (Å²) in [4.78, 5) is 0. The zero-order valence-electron chi connectivity index (χ0n) is 54.6. The van der Waals surface area contributed by atoms with E-state index in [4.69, 9.17) is 85.3 Å². The minimum absolute atomic E-state index is 0.208. The lowest BCUT2D eigenvalue weighted by molar-refractivity contribution is -0.405. The summed E-state index contributed by atoms with van der Waals surface area (Å²) in [5.41, 5.74) is 0. The topological polar surface area (TPSA) is 733 Å². The Labute approximate surface area is 582 Å². The third kappa shape index (κ3) is 18.2. The van der Waals surface area contributed by atoms with Crippen LogP contribution in [0, 0.1) is 0 Å². The van der Waals surface area contributed by atoms with Crippen LogP contribution in [-0.4, -0.2) is 485 Å². The molecule has 19 unspecified atom stereocenters. The molecule has 9 rings (SSSR count). The van der Waals surface area contributed by atoms with Crippen molar-refractivity contribution in [3.05, 3.63) is 0 Å². The van der Waals surface area contributed by atoms with E-state index in [0.29, 0.717) is 0 Å². The molecule has 9 saturated heterocycles. The van der Waals surface area contributed by atoms with Crippen LogP contribution < -0.4 is 0 Å². The average molecular weight is 1520 g/mol. The van der Waals surface area contributed by atoms with Gasteiger partial charge in [-0.1, -0.05) is 6.92 Å². The van der Waals surface area contributed by atoms with Gasteiger partial charge in [0.25, 0.3) is 0 Å². The van der Waals surface area contributed by atoms with E-state index in [2.05, 4.69) is 0 Å². The monoisotopic (exact) mass is 1520 g/mol. The molecule has 9 fully saturated rings. The van der Waals surface area contributed by atoms with Crippen LogP contribution in [-0.2, 0) is 85.3 Å². The zero-order valence-corrected chi connectivity index (χ0v) is 54.6. The van der Waals surface area contributed by atoms with Crippen molar-refractivity contribution in [2.75, 3.05) is 66.1 Å². The highest BCUT2D eigenvalue weighted by Gasteiger charge is 2.60. The Kier molecular flexibility index (Phi) is 31.0. The Hall–Kier alpha value is -1.84. The molecule has 602 valence electrons. The summed E-state index contributed by atoms with van der Waals surface area (Å²) < 4.78 is 105. The molecule has 9 heterocycles. The normalized spacial score (nSPS) is 52.5. The summed E-state index contributed by atoms with van der Waals surface area (Å²) >= 11 is 0. The van der Waals surface area contributed by atoms with Crippen LogP contribution in [0.3, 0.4) is 0 Å². The summed E-state index contributed by atoms with van der Waals surface area (Å²) in [5.74, 6) is 0. The number of aliphatic hydroxyl groups excluding tert-OH is 28. The van der Waals surface area contributed by atoms with Gasteiger partial charge in [0, 0.05) is 6.61 Å². The minimum atomic E-state index is -2.41. The molecule has 45 atom stereocenters. The van der Waals surface area contributed by atoms with Crippen molar-refractivity contribution in [1.82, 2.24) is 0 Å². The van der Waals surface area contributed by atoms with E-state index in [1.54, 1.807) is 6.92 Å². The van der Waals surface area contributed by atoms with E-state index in [9.17, 15) is 143 Å². The van der Waals surface area contributed by atoms with E-state index in [1.165, 1.54) is 0 Å². The third-order valence-corrected chi connectivity index (χ3v) is 19.2. The highest BCUT2D eigenvalue weighted by Crippen LogP contribution is 2.39. The van der Waals surface area contributed by atoms with Crippen molar-refractivity contribution < 1.29 is 228 Å². The highest BCUT2D eigenvalue weighted by molar-refractivity contribution is 5.02. The van der Waals surface area contributed by atoms with Gasteiger partial charge in [0.2, 0.25) is 0 Å². The van der Waals surface area contributed by atoms with E-state index < -0.39 is 336 Å². The first kappa shape index (κ1) is 85.2. The Morgan fingerprint density at radius 1 is 0.194 bits per heavy atom. The van der Waals surface area contributed by atoms with Gasteiger partial charge in [-0.2, -0.15) is 0 Å². The van der Waals surface area contributed by atoms with E-state index in [-0.39, 0.29) is 13.0 Å². The van der Waals surface area contributed by atoms with Crippen molar-refractivity contribution in [2.24, 2.45) is 0 Å². The highest BCUT2D eigenvalue weighted by atomic mass is 16.8. The second-order valence-electron chi connectivity index (χ2n) is 26.1. The van der Waals surface area contributed by atoms with Crippen LogP contribution >= 0.6 is 0 Å². The number of ether oxygens (including phenoxy) is 18. The van der Waals surface area contributed by atoms with Gasteiger partial charge in [-0.25, -0.2) is 0 Å². The molecule has 9 aliphatic heterocycles. The van der Waals surface area contributed by atoms with E-state index in [0.717, 1.165) is 0 Å². The van der Waals surface area contributed by atoms with Crippen LogP contribution in [0.2, 0.25) is 0 Å². The quantitative estimate of drug-likeness (QED) is 0.0346. The van der Waals surface area contributed by atoms with Crippen molar-refractivity contribution in [3.8, 4) is 0 Å². The fraction of sp³-hybridized carbons (Fsp3) is 1.00. The molecule has 28 N–H and O–H groups in total. The second kappa shape index (κ2) is 37.5. The van der Waals surface area contributed by atoms with Gasteiger partial charge in [-0.3, -0.25) is 0 Å². The van der Waals surface area contributed by atoms with E-state index in [1.807, 2.05) is 0 Å². The summed E-state index contributed by atoms with van der Waals surface area (Å²) in [6.45, 7) is -7.90. The number of aliphatic hydroxyl groups is 28. The van der Waals surface area contributed by atoms with Crippen molar-refractivity contribution in [2.45, 2.75) is 290 Å². The van der Waals surface area contributed by atoms with Gasteiger partial charge >= 0.3 is 0 Å². The van der Waals surface area contributed by atoms with E-state index >= 15 is 0 Å². The predicted octanol–water partition coefficient (Wildman–Crippen LogP) is -19.2. The molecule has 0 aromatic rings. The maximum atomic E-state index is 12.3. The fourth-order valence-electron chi connectivity index (χ4n) is 13.0. The minimum Gasteiger partial charge on any atom is -0.394 e. The smallest absolute Gasteiger partial charge is 0.187 e. The maximum absolute atomic E-state index is 12.3. The summed E-state index contributed by atoms with van der Waals surface area (Å²) in [5, 5.41) is 305. The Morgan fingerprint density at radius 2 is 0.408 bits per heavy atom. The Bertz CT molecular complexity index is 2510. The SMILES string of the molecule is CCCO[C@@H]1OC(CO[C@H]2OC(CO[C@H]3OC(CO)[C@@H](O)[C@H](O)C3O[C@H]3OC(CO)[C@@H](O)[C@H](O)C3O)[C@@H](O)[C@H](O[C@H]3O[C@@H](CO)[C@@H](O)C(O)C3O[C@H]3O[C@@H](CO)[C@@H](O)C(O)C3O)C2O)C(O)[C@H](O[C@H]2O[C@@H](CO)[C@@H](O)C(O)C2O[C@H]2O[C@@H](CO)[C@@H](O)C(O)C2O[C@H]2O[C@@H](CO)[C@@H](O)C(O)C2O)C1O. The van der Waals surface area contributed by atoms with Gasteiger partial charge in [-0.05, 0) is 6.42 Å². The molecule has 0 spiro atoms. The third-order valence-electron chi connectivity index (χ3n) is 19.2. The molecule has 0 saturated carbocycles. The molecule has 0 aliphatic carbocycles. The number of hydrogen-bond acceptors (Lipinski definition) is 46. The summed E-state index contributed by atoms with van der Waals surface area (Å²) in [6, 6.07) is 0. The molecule has 0 amide bonds. The molecule has 46 nitrogen and oxygen atoms in total. The summed E-state index contributed by atoms with van der Waals surface area (Å²) in [7, 11) is 0. The molecule has 9 aliphatic rings. The van der Waals surface area contributed by atoms with Crippen molar-refractivity contribution >= 4 is 0 Å². The lowest BCUT2D eigenvalue weighted by Crippen LogP contribution is -2.68. The van der Waals surface area contributed by atoms with Gasteiger partial charge in [-0.15, -0.1) is 0 Å². The van der Waals surface area contributed by atoms with Crippen LogP contribution in [0.5, 0.6) is 0 Å². The fourth-order valence-corrected chi connectivity index (χ4v) is 13.0. The zero-order chi connectivity index (χ0) is 75.5. The van der Waals surface area contributed by atoms with Crippen LogP contribution in [0.4, 0.5) is 0 Å². The predicted molar refractivity (Wildman–Crippen MR) is 311 cm³/mol. The molecular formula is C57H98O46. The van der Waals surface area contributed by atoms with Gasteiger partial charge in [0.1, 0.15) is 220 Å². The molecule has 0 aromatic carbocycles. The summed E-state index contributed by atoms with van der Waals surface area (Å²) in [6.07, 6.45) is -92.6. The lowest BCUT2D eigenvalue weighted by atomic mass is 9.95. The molecule has 46 heteroatoms. The molecule has 0 radical (unpaired) electrons. The van der Waals surface area contributed by atoms with Crippen LogP contribution in [0.15, 0.2) is 0 Å². The second-order valence-corrected chi connectivity index (χ2v) is 26.1. The molecule has 0 bridgehead atoms. The van der Waals surface area contributed by atoms with Gasteiger partial charge < -0.3 is 228 Å². The van der Waals surface area contributed by atoms with Crippen LogP contribution in [0.25, 0.3) is 0 Å². The Morgan fingerprint density at radius 3 is 0.689 bits per heavy atom. The first-order valence-electron chi connectivity index (χ1n) is 33.2. The van der Waals surface area contributed by atoms with Crippen LogP contribution in [0.1, 0.15) is 13.3 Å². The first-order valence-corrected chi connectivity index (χ1v) is 33.2. The molecular weight excluding hydrogens is 1420 g/mol. The number of rotatable bonds is 28. The lowest BCUT2D eigenvalue weighted by Gasteiger charge is -2.50. The average Bonchev–Trinajstić information content (AvgIpc) is 0.775. The first-order chi connectivity index (χ1) is 48.9. The largest absolute Gasteiger partial charge is 0.394 e. The Balaban J connectivity index is 1.01. The van der Waals surface area contributed by atoms with Crippen molar-refractivity contribution in [1.29, 1.82) is 0 Å². The van der Waals surface area contributed by atoms with Crippen molar-refractivity contribution in [3.63, 3.8) is 0 Å².